The second kappa shape index (κ2) is 6.92. The molecule has 0 unspecified atom stereocenters. The van der Waals surface area contributed by atoms with Gasteiger partial charge >= 0.3 is 0 Å². The van der Waals surface area contributed by atoms with Gasteiger partial charge in [-0.1, -0.05) is 43.3 Å². The molecule has 20 heavy (non-hydrogen) atoms. The van der Waals surface area contributed by atoms with Crippen molar-refractivity contribution >= 4 is 23.4 Å². The molecule has 0 atom stereocenters. The van der Waals surface area contributed by atoms with Crippen LogP contribution in [0.3, 0.4) is 0 Å². The Hall–Kier alpha value is -1.30. The summed E-state index contributed by atoms with van der Waals surface area (Å²) in [5.74, 6) is 0. The highest BCUT2D eigenvalue weighted by molar-refractivity contribution is 7.99. The standard InChI is InChI=1S/C14H16ClN3OS/c1-9(2)17-8-10-11(15)4-3-5-12(10)20-14-16-7-6-13(19)18-14/h3-7,9,17H,8H2,1-2H3,(H,16,18,19). The molecule has 0 saturated heterocycles. The maximum Gasteiger partial charge on any atom is 0.251 e. The van der Waals surface area contributed by atoms with E-state index in [0.717, 1.165) is 10.5 Å². The Morgan fingerprint density at radius 3 is 2.90 bits per heavy atom. The molecule has 0 radical (unpaired) electrons. The minimum Gasteiger partial charge on any atom is -0.310 e. The number of nitrogens with one attached hydrogen (secondary N) is 2. The molecule has 0 aliphatic rings. The summed E-state index contributed by atoms with van der Waals surface area (Å²) < 4.78 is 0. The Morgan fingerprint density at radius 2 is 2.20 bits per heavy atom. The van der Waals surface area contributed by atoms with Gasteiger partial charge in [-0.3, -0.25) is 4.79 Å². The number of benzene rings is 1. The molecule has 0 spiro atoms. The monoisotopic (exact) mass is 309 g/mol. The zero-order valence-electron chi connectivity index (χ0n) is 11.3. The summed E-state index contributed by atoms with van der Waals surface area (Å²) in [4.78, 5) is 19.1. The first-order chi connectivity index (χ1) is 9.56. The Morgan fingerprint density at radius 1 is 1.40 bits per heavy atom. The van der Waals surface area contributed by atoms with E-state index in [9.17, 15) is 4.79 Å². The lowest BCUT2D eigenvalue weighted by Crippen LogP contribution is -2.22. The molecule has 1 heterocycles. The lowest BCUT2D eigenvalue weighted by atomic mass is 10.2. The number of H-pyrrole nitrogens is 1. The smallest absolute Gasteiger partial charge is 0.251 e. The molecule has 0 bridgehead atoms. The van der Waals surface area contributed by atoms with Crippen molar-refractivity contribution in [3.8, 4) is 0 Å². The molecule has 6 heteroatoms. The largest absolute Gasteiger partial charge is 0.310 e. The van der Waals surface area contributed by atoms with E-state index in [-0.39, 0.29) is 5.56 Å². The van der Waals surface area contributed by atoms with Crippen LogP contribution in [0.4, 0.5) is 0 Å². The van der Waals surface area contributed by atoms with Gasteiger partial charge in [0.25, 0.3) is 5.56 Å². The minimum atomic E-state index is -0.161. The van der Waals surface area contributed by atoms with E-state index in [1.165, 1.54) is 24.0 Å². The third-order valence-electron chi connectivity index (χ3n) is 2.62. The second-order valence-corrected chi connectivity index (χ2v) is 6.03. The predicted molar refractivity (Wildman–Crippen MR) is 82.4 cm³/mol. The van der Waals surface area contributed by atoms with Crippen molar-refractivity contribution in [2.75, 3.05) is 0 Å². The van der Waals surface area contributed by atoms with Gasteiger partial charge in [-0.2, -0.15) is 0 Å². The molecule has 0 amide bonds. The first-order valence-corrected chi connectivity index (χ1v) is 7.49. The number of hydrogen-bond donors (Lipinski definition) is 2. The molecule has 1 aromatic carbocycles. The van der Waals surface area contributed by atoms with E-state index >= 15 is 0 Å². The average molecular weight is 310 g/mol. The van der Waals surface area contributed by atoms with E-state index in [1.807, 2.05) is 18.2 Å². The van der Waals surface area contributed by atoms with Crippen molar-refractivity contribution in [2.24, 2.45) is 0 Å². The van der Waals surface area contributed by atoms with Crippen molar-refractivity contribution in [3.05, 3.63) is 51.4 Å². The highest BCUT2D eigenvalue weighted by Gasteiger charge is 2.10. The zero-order valence-corrected chi connectivity index (χ0v) is 12.9. The maximum atomic E-state index is 11.3. The fourth-order valence-corrected chi connectivity index (χ4v) is 2.84. The van der Waals surface area contributed by atoms with Gasteiger partial charge in [-0.15, -0.1) is 0 Å². The van der Waals surface area contributed by atoms with E-state index in [4.69, 9.17) is 11.6 Å². The Bertz CT molecular complexity index is 642. The fraction of sp³-hybridized carbons (Fsp3) is 0.286. The third-order valence-corrected chi connectivity index (χ3v) is 3.97. The number of halogens is 1. The Kier molecular flexibility index (Phi) is 5.23. The second-order valence-electron chi connectivity index (χ2n) is 4.59. The Labute approximate surface area is 127 Å². The van der Waals surface area contributed by atoms with Crippen LogP contribution in [0.1, 0.15) is 19.4 Å². The molecule has 1 aromatic heterocycles. The lowest BCUT2D eigenvalue weighted by molar-refractivity contribution is 0.585. The van der Waals surface area contributed by atoms with Crippen LogP contribution in [0, 0.1) is 0 Å². The van der Waals surface area contributed by atoms with Crippen molar-refractivity contribution < 1.29 is 0 Å². The first-order valence-electron chi connectivity index (χ1n) is 6.30. The van der Waals surface area contributed by atoms with Crippen LogP contribution in [0.5, 0.6) is 0 Å². The van der Waals surface area contributed by atoms with Crippen LogP contribution in [-0.2, 0) is 6.54 Å². The summed E-state index contributed by atoms with van der Waals surface area (Å²) in [6, 6.07) is 7.50. The van der Waals surface area contributed by atoms with Gasteiger partial charge < -0.3 is 10.3 Å². The summed E-state index contributed by atoms with van der Waals surface area (Å²) >= 11 is 7.67. The molecule has 0 fully saturated rings. The topological polar surface area (TPSA) is 57.8 Å². The summed E-state index contributed by atoms with van der Waals surface area (Å²) in [6.45, 7) is 4.84. The zero-order chi connectivity index (χ0) is 14.5. The van der Waals surface area contributed by atoms with E-state index in [1.54, 1.807) is 0 Å². The Balaban J connectivity index is 2.26. The van der Waals surface area contributed by atoms with Crippen LogP contribution in [0.15, 0.2) is 45.3 Å². The van der Waals surface area contributed by atoms with E-state index < -0.39 is 0 Å². The van der Waals surface area contributed by atoms with Gasteiger partial charge in [0.05, 0.1) is 0 Å². The molecule has 0 aliphatic carbocycles. The van der Waals surface area contributed by atoms with Crippen molar-refractivity contribution in [1.29, 1.82) is 0 Å². The summed E-state index contributed by atoms with van der Waals surface area (Å²) in [5, 5.41) is 4.62. The summed E-state index contributed by atoms with van der Waals surface area (Å²) in [7, 11) is 0. The highest BCUT2D eigenvalue weighted by atomic mass is 35.5. The van der Waals surface area contributed by atoms with Crippen LogP contribution in [0.2, 0.25) is 5.02 Å². The van der Waals surface area contributed by atoms with Crippen LogP contribution < -0.4 is 10.9 Å². The number of aromatic amines is 1. The highest BCUT2D eigenvalue weighted by Crippen LogP contribution is 2.31. The van der Waals surface area contributed by atoms with Crippen LogP contribution >= 0.6 is 23.4 Å². The minimum absolute atomic E-state index is 0.161. The number of hydrogen-bond acceptors (Lipinski definition) is 4. The SMILES string of the molecule is CC(C)NCc1c(Cl)cccc1Sc1nccc(=O)[nH]1. The number of aromatic nitrogens is 2. The summed E-state index contributed by atoms with van der Waals surface area (Å²) in [6.07, 6.45) is 1.50. The molecular formula is C14H16ClN3OS. The molecular weight excluding hydrogens is 294 g/mol. The van der Waals surface area contributed by atoms with Gasteiger partial charge in [-0.25, -0.2) is 4.98 Å². The maximum absolute atomic E-state index is 11.3. The van der Waals surface area contributed by atoms with E-state index in [0.29, 0.717) is 22.8 Å². The van der Waals surface area contributed by atoms with Gasteiger partial charge in [0.1, 0.15) is 0 Å². The van der Waals surface area contributed by atoms with Gasteiger partial charge in [0.15, 0.2) is 5.16 Å². The third kappa shape index (κ3) is 4.10. The fourth-order valence-electron chi connectivity index (χ4n) is 1.62. The molecule has 4 nitrogen and oxygen atoms in total. The van der Waals surface area contributed by atoms with Gasteiger partial charge in [-0.05, 0) is 17.7 Å². The quantitative estimate of drug-likeness (QED) is 0.833. The lowest BCUT2D eigenvalue weighted by Gasteiger charge is -2.13. The van der Waals surface area contributed by atoms with Gasteiger partial charge in [0, 0.05) is 34.8 Å². The molecule has 0 aliphatic heterocycles. The number of rotatable bonds is 5. The normalized spacial score (nSPS) is 11.0. The first kappa shape index (κ1) is 15.1. The number of nitrogens with zero attached hydrogens (tertiary/aromatic N) is 1. The van der Waals surface area contributed by atoms with Gasteiger partial charge in [0.2, 0.25) is 0 Å². The molecule has 0 saturated carbocycles. The van der Waals surface area contributed by atoms with Crippen molar-refractivity contribution in [1.82, 2.24) is 15.3 Å². The molecule has 2 N–H and O–H groups in total. The van der Waals surface area contributed by atoms with Crippen LogP contribution in [-0.4, -0.2) is 16.0 Å². The molecule has 2 rings (SSSR count). The van der Waals surface area contributed by atoms with Crippen molar-refractivity contribution in [2.45, 2.75) is 36.5 Å². The predicted octanol–water partition coefficient (Wildman–Crippen LogP) is 3.07. The van der Waals surface area contributed by atoms with Crippen molar-refractivity contribution in [3.63, 3.8) is 0 Å². The van der Waals surface area contributed by atoms with Crippen LogP contribution in [0.25, 0.3) is 0 Å². The average Bonchev–Trinajstić information content (AvgIpc) is 2.38. The molecule has 106 valence electrons. The molecule has 2 aromatic rings. The van der Waals surface area contributed by atoms with E-state index in [2.05, 4.69) is 29.1 Å². The summed E-state index contributed by atoms with van der Waals surface area (Å²) in [5.41, 5.74) is 0.853.